The predicted octanol–water partition coefficient (Wildman–Crippen LogP) is 5.27. The van der Waals surface area contributed by atoms with Crippen molar-refractivity contribution in [3.8, 4) is 0 Å². The molecule has 0 bridgehead atoms. The minimum atomic E-state index is -4.51. The van der Waals surface area contributed by atoms with Crippen molar-refractivity contribution in [1.29, 1.82) is 0 Å². The Labute approximate surface area is 183 Å². The quantitative estimate of drug-likeness (QED) is 0.403. The average Bonchev–Trinajstić information content (AvgIpc) is 2.75. The standard InChI is InChI=1S/C24H22F3N3O2/c1-4-8-16-13-19(15-28-22(16)31)30(2,3)21-12-6-5-11-20(21)23(32)29-18-10-7-9-17(14-18)24(25,26)27/h4-7,9-15H,1,8H2,2-3H3,(H-,28,29,31,32)/p+1. The maximum atomic E-state index is 13.0. The van der Waals surface area contributed by atoms with E-state index in [1.165, 1.54) is 12.1 Å². The van der Waals surface area contributed by atoms with Crippen molar-refractivity contribution >= 4 is 23.0 Å². The highest BCUT2D eigenvalue weighted by molar-refractivity contribution is 6.08. The molecule has 1 aromatic heterocycles. The van der Waals surface area contributed by atoms with Gasteiger partial charge >= 0.3 is 6.18 Å². The van der Waals surface area contributed by atoms with Gasteiger partial charge in [0.15, 0.2) is 5.69 Å². The normalized spacial score (nSPS) is 11.8. The number of para-hydroxylation sites is 1. The number of halogens is 3. The number of carbonyl (C=O) groups is 1. The van der Waals surface area contributed by atoms with Crippen molar-refractivity contribution in [3.63, 3.8) is 0 Å². The van der Waals surface area contributed by atoms with Crippen molar-refractivity contribution in [2.45, 2.75) is 12.6 Å². The Morgan fingerprint density at radius 2 is 1.84 bits per heavy atom. The molecule has 1 heterocycles. The number of carbonyl (C=O) groups excluding carboxylic acids is 1. The van der Waals surface area contributed by atoms with E-state index in [1.54, 1.807) is 42.6 Å². The number of quaternary nitrogens is 1. The summed E-state index contributed by atoms with van der Waals surface area (Å²) in [5, 5.41) is 2.56. The highest BCUT2D eigenvalue weighted by atomic mass is 19.4. The number of aromatic amines is 1. The molecular formula is C24H23F3N3O2+. The van der Waals surface area contributed by atoms with Crippen LogP contribution in [0, 0.1) is 0 Å². The molecule has 0 aliphatic rings. The Morgan fingerprint density at radius 3 is 2.53 bits per heavy atom. The number of rotatable bonds is 6. The maximum Gasteiger partial charge on any atom is 0.416 e. The van der Waals surface area contributed by atoms with Crippen LogP contribution in [0.25, 0.3) is 0 Å². The first-order chi connectivity index (χ1) is 15.0. The molecule has 0 saturated carbocycles. The van der Waals surface area contributed by atoms with E-state index in [1.807, 2.05) is 14.1 Å². The highest BCUT2D eigenvalue weighted by Crippen LogP contribution is 2.34. The number of allylic oxidation sites excluding steroid dienone is 1. The molecule has 0 fully saturated rings. The van der Waals surface area contributed by atoms with Crippen LogP contribution in [-0.4, -0.2) is 25.0 Å². The molecule has 5 nitrogen and oxygen atoms in total. The van der Waals surface area contributed by atoms with Gasteiger partial charge in [0.1, 0.15) is 11.3 Å². The molecule has 0 radical (unpaired) electrons. The average molecular weight is 442 g/mol. The summed E-state index contributed by atoms with van der Waals surface area (Å²) in [6.45, 7) is 3.66. The zero-order valence-electron chi connectivity index (χ0n) is 17.7. The number of H-pyrrole nitrogens is 1. The van der Waals surface area contributed by atoms with Crippen molar-refractivity contribution in [3.05, 3.63) is 100 Å². The van der Waals surface area contributed by atoms with Gasteiger partial charge in [-0.3, -0.25) is 14.1 Å². The van der Waals surface area contributed by atoms with Gasteiger partial charge in [-0.2, -0.15) is 13.2 Å². The molecule has 0 aliphatic carbocycles. The summed E-state index contributed by atoms with van der Waals surface area (Å²) in [7, 11) is 3.70. The number of aromatic nitrogens is 1. The lowest BCUT2D eigenvalue weighted by Gasteiger charge is -2.30. The van der Waals surface area contributed by atoms with Gasteiger partial charge in [-0.25, -0.2) is 0 Å². The zero-order valence-corrected chi connectivity index (χ0v) is 17.7. The molecule has 0 unspecified atom stereocenters. The van der Waals surface area contributed by atoms with Crippen LogP contribution >= 0.6 is 0 Å². The predicted molar refractivity (Wildman–Crippen MR) is 120 cm³/mol. The summed E-state index contributed by atoms with van der Waals surface area (Å²) in [5.41, 5.74) is 1.14. The molecule has 8 heteroatoms. The lowest BCUT2D eigenvalue weighted by Crippen LogP contribution is -2.37. The molecule has 3 rings (SSSR count). The molecular weight excluding hydrogens is 419 g/mol. The van der Waals surface area contributed by atoms with E-state index in [0.29, 0.717) is 23.2 Å². The van der Waals surface area contributed by atoms with Crippen LogP contribution in [0.4, 0.5) is 30.2 Å². The van der Waals surface area contributed by atoms with Gasteiger partial charge in [-0.05, 0) is 30.7 Å². The number of nitrogens with one attached hydrogen (secondary N) is 2. The topological polar surface area (TPSA) is 62.0 Å². The fourth-order valence-corrected chi connectivity index (χ4v) is 3.41. The number of anilines is 1. The Bertz CT molecular complexity index is 1210. The fourth-order valence-electron chi connectivity index (χ4n) is 3.41. The van der Waals surface area contributed by atoms with E-state index in [4.69, 9.17) is 0 Å². The van der Waals surface area contributed by atoms with E-state index in [0.717, 1.165) is 17.8 Å². The molecule has 1 amide bonds. The van der Waals surface area contributed by atoms with Crippen molar-refractivity contribution in [1.82, 2.24) is 9.47 Å². The van der Waals surface area contributed by atoms with Crippen molar-refractivity contribution in [2.24, 2.45) is 0 Å². The third-order valence-electron chi connectivity index (χ3n) is 5.17. The van der Waals surface area contributed by atoms with Gasteiger partial charge in [0.25, 0.3) is 11.5 Å². The molecule has 3 aromatic rings. The van der Waals surface area contributed by atoms with Crippen LogP contribution < -0.4 is 15.4 Å². The van der Waals surface area contributed by atoms with Gasteiger partial charge in [0, 0.05) is 23.4 Å². The van der Waals surface area contributed by atoms with E-state index in [-0.39, 0.29) is 15.7 Å². The lowest BCUT2D eigenvalue weighted by molar-refractivity contribution is -0.137. The Morgan fingerprint density at radius 1 is 1.12 bits per heavy atom. The van der Waals surface area contributed by atoms with Gasteiger partial charge in [-0.1, -0.05) is 24.3 Å². The number of hydrogen-bond acceptors (Lipinski definition) is 2. The fraction of sp³-hybridized carbons (Fsp3) is 0.167. The van der Waals surface area contributed by atoms with E-state index >= 15 is 0 Å². The second-order valence-corrected chi connectivity index (χ2v) is 7.71. The van der Waals surface area contributed by atoms with Gasteiger partial charge in [0.05, 0.1) is 25.9 Å². The number of pyridine rings is 1. The first kappa shape index (κ1) is 23.0. The van der Waals surface area contributed by atoms with Crippen LogP contribution in [0.15, 0.2) is 78.2 Å². The van der Waals surface area contributed by atoms with Gasteiger partial charge in [-0.15, -0.1) is 6.58 Å². The lowest BCUT2D eigenvalue weighted by atomic mass is 10.1. The van der Waals surface area contributed by atoms with Crippen LogP contribution in [0.2, 0.25) is 0 Å². The second-order valence-electron chi connectivity index (χ2n) is 7.71. The minimum Gasteiger partial charge on any atom is -0.323 e. The summed E-state index contributed by atoms with van der Waals surface area (Å²) >= 11 is 0. The van der Waals surface area contributed by atoms with Gasteiger partial charge < -0.3 is 10.3 Å². The molecule has 32 heavy (non-hydrogen) atoms. The summed E-state index contributed by atoms with van der Waals surface area (Å²) < 4.78 is 39.1. The maximum absolute atomic E-state index is 13.0. The number of amides is 1. The monoisotopic (exact) mass is 442 g/mol. The second kappa shape index (κ2) is 8.84. The highest BCUT2D eigenvalue weighted by Gasteiger charge is 2.31. The first-order valence-electron chi connectivity index (χ1n) is 9.79. The number of alkyl halides is 3. The summed E-state index contributed by atoms with van der Waals surface area (Å²) in [6.07, 6.45) is -0.910. The molecule has 0 saturated heterocycles. The van der Waals surface area contributed by atoms with Crippen molar-refractivity contribution < 1.29 is 18.0 Å². The number of hydrogen-bond donors (Lipinski definition) is 2. The Balaban J connectivity index is 1.98. The van der Waals surface area contributed by atoms with Crippen molar-refractivity contribution in [2.75, 3.05) is 19.4 Å². The van der Waals surface area contributed by atoms with Crippen LogP contribution in [0.5, 0.6) is 0 Å². The first-order valence-corrected chi connectivity index (χ1v) is 9.79. The molecule has 0 aliphatic heterocycles. The van der Waals surface area contributed by atoms with Crippen LogP contribution in [-0.2, 0) is 12.6 Å². The van der Waals surface area contributed by atoms with E-state index < -0.39 is 17.6 Å². The van der Waals surface area contributed by atoms with Gasteiger partial charge in [0.2, 0.25) is 0 Å². The zero-order chi connectivity index (χ0) is 23.5. The SMILES string of the molecule is C=CCc1cc([N+](C)(C)c2ccccc2C(=O)Nc2cccc(C(F)(F)F)c2)c[nH]c1=O. The van der Waals surface area contributed by atoms with E-state index in [2.05, 4.69) is 16.9 Å². The molecule has 166 valence electrons. The molecule has 2 N–H and O–H groups in total. The molecule has 0 spiro atoms. The minimum absolute atomic E-state index is 0.0437. The van der Waals surface area contributed by atoms with Crippen LogP contribution in [0.1, 0.15) is 21.5 Å². The Hall–Kier alpha value is -3.65. The third kappa shape index (κ3) is 4.81. The largest absolute Gasteiger partial charge is 0.416 e. The Kier molecular flexibility index (Phi) is 6.36. The number of nitrogens with zero attached hydrogens (tertiary/aromatic N) is 1. The summed E-state index contributed by atoms with van der Waals surface area (Å²) in [5.74, 6) is -0.540. The third-order valence-corrected chi connectivity index (χ3v) is 5.17. The number of benzene rings is 2. The molecule has 2 aromatic carbocycles. The molecule has 0 atom stereocenters. The van der Waals surface area contributed by atoms with E-state index in [9.17, 15) is 22.8 Å². The smallest absolute Gasteiger partial charge is 0.323 e. The summed E-state index contributed by atoms with van der Waals surface area (Å²) in [6, 6.07) is 13.1. The summed E-state index contributed by atoms with van der Waals surface area (Å²) in [4.78, 5) is 27.8. The van der Waals surface area contributed by atoms with Crippen LogP contribution in [0.3, 0.4) is 0 Å².